The zero-order valence-corrected chi connectivity index (χ0v) is 11.4. The van der Waals surface area contributed by atoms with Crippen LogP contribution in [0.25, 0.3) is 0 Å². The van der Waals surface area contributed by atoms with Crippen molar-refractivity contribution in [2.45, 2.75) is 71.8 Å². The van der Waals surface area contributed by atoms with Crippen LogP contribution in [0.5, 0.6) is 0 Å². The molecule has 0 spiro atoms. The van der Waals surface area contributed by atoms with E-state index in [0.29, 0.717) is 5.41 Å². The second kappa shape index (κ2) is 5.08. The molecule has 2 unspecified atom stereocenters. The van der Waals surface area contributed by atoms with E-state index in [9.17, 15) is 0 Å². The Hall–Kier alpha value is -0.0400. The van der Waals surface area contributed by atoms with Gasteiger partial charge in [-0.2, -0.15) is 0 Å². The first-order valence-electron chi connectivity index (χ1n) is 7.34. The van der Waals surface area contributed by atoms with E-state index in [4.69, 9.17) is 0 Å². The van der Waals surface area contributed by atoms with Crippen molar-refractivity contribution in [2.75, 3.05) is 6.54 Å². The molecule has 1 N–H and O–H groups in total. The quantitative estimate of drug-likeness (QED) is 0.743. The summed E-state index contributed by atoms with van der Waals surface area (Å²) in [6.07, 6.45) is 10.0. The molecule has 0 aromatic carbocycles. The van der Waals surface area contributed by atoms with E-state index >= 15 is 0 Å². The van der Waals surface area contributed by atoms with E-state index in [1.165, 1.54) is 51.5 Å². The van der Waals surface area contributed by atoms with Gasteiger partial charge >= 0.3 is 0 Å². The van der Waals surface area contributed by atoms with Crippen molar-refractivity contribution in [1.29, 1.82) is 0 Å². The molecular formula is C15H29N. The first-order chi connectivity index (χ1) is 7.61. The zero-order valence-electron chi connectivity index (χ0n) is 11.4. The van der Waals surface area contributed by atoms with Gasteiger partial charge in [0.25, 0.3) is 0 Å². The second-order valence-electron chi connectivity index (χ2n) is 6.90. The molecule has 0 aliphatic heterocycles. The minimum atomic E-state index is 0.607. The Bertz CT molecular complexity index is 215. The van der Waals surface area contributed by atoms with Crippen LogP contribution in [0, 0.1) is 17.3 Å². The van der Waals surface area contributed by atoms with Crippen molar-refractivity contribution in [3.63, 3.8) is 0 Å². The van der Waals surface area contributed by atoms with Gasteiger partial charge < -0.3 is 5.32 Å². The lowest BCUT2D eigenvalue weighted by Crippen LogP contribution is -2.36. The summed E-state index contributed by atoms with van der Waals surface area (Å²) in [5.74, 6) is 1.95. The molecule has 16 heavy (non-hydrogen) atoms. The summed E-state index contributed by atoms with van der Waals surface area (Å²) in [5.41, 5.74) is 0.607. The maximum absolute atomic E-state index is 3.74. The fraction of sp³-hybridized carbons (Fsp3) is 1.00. The highest BCUT2D eigenvalue weighted by molar-refractivity contribution is 4.88. The minimum Gasteiger partial charge on any atom is -0.314 e. The smallest absolute Gasteiger partial charge is 0.00683 e. The third-order valence-corrected chi connectivity index (χ3v) is 4.58. The van der Waals surface area contributed by atoms with Crippen molar-refractivity contribution in [1.82, 2.24) is 5.32 Å². The van der Waals surface area contributed by atoms with Gasteiger partial charge in [-0.25, -0.2) is 0 Å². The summed E-state index contributed by atoms with van der Waals surface area (Å²) in [7, 11) is 0. The second-order valence-corrected chi connectivity index (χ2v) is 6.90. The van der Waals surface area contributed by atoms with Gasteiger partial charge in [0.1, 0.15) is 0 Å². The van der Waals surface area contributed by atoms with E-state index in [1.807, 2.05) is 0 Å². The number of hydrogen-bond donors (Lipinski definition) is 1. The van der Waals surface area contributed by atoms with Gasteiger partial charge in [-0.05, 0) is 55.9 Å². The molecule has 1 heteroatoms. The molecule has 0 aromatic rings. The van der Waals surface area contributed by atoms with Gasteiger partial charge in [0.15, 0.2) is 0 Å². The highest BCUT2D eigenvalue weighted by Gasteiger charge is 2.34. The van der Waals surface area contributed by atoms with E-state index < -0.39 is 0 Å². The Kier molecular flexibility index (Phi) is 3.94. The van der Waals surface area contributed by atoms with E-state index in [-0.39, 0.29) is 0 Å². The highest BCUT2D eigenvalue weighted by Crippen LogP contribution is 2.43. The maximum atomic E-state index is 3.74. The number of nitrogens with one attached hydrogen (secondary N) is 1. The van der Waals surface area contributed by atoms with E-state index in [0.717, 1.165) is 17.9 Å². The molecule has 0 bridgehead atoms. The van der Waals surface area contributed by atoms with Crippen molar-refractivity contribution >= 4 is 0 Å². The molecular weight excluding hydrogens is 194 g/mol. The fourth-order valence-electron chi connectivity index (χ4n) is 3.37. The van der Waals surface area contributed by atoms with Gasteiger partial charge in [-0.3, -0.25) is 0 Å². The number of rotatable bonds is 5. The predicted molar refractivity (Wildman–Crippen MR) is 70.5 cm³/mol. The molecule has 2 atom stereocenters. The van der Waals surface area contributed by atoms with Gasteiger partial charge in [-0.15, -0.1) is 0 Å². The van der Waals surface area contributed by atoms with Crippen LogP contribution in [0.4, 0.5) is 0 Å². The minimum absolute atomic E-state index is 0.607. The van der Waals surface area contributed by atoms with Crippen molar-refractivity contribution in [3.05, 3.63) is 0 Å². The van der Waals surface area contributed by atoms with Crippen LogP contribution in [0.3, 0.4) is 0 Å². The Morgan fingerprint density at radius 3 is 2.50 bits per heavy atom. The summed E-state index contributed by atoms with van der Waals surface area (Å²) >= 11 is 0. The van der Waals surface area contributed by atoms with Crippen molar-refractivity contribution in [3.8, 4) is 0 Å². The van der Waals surface area contributed by atoms with Crippen LogP contribution < -0.4 is 5.32 Å². The van der Waals surface area contributed by atoms with Crippen molar-refractivity contribution in [2.24, 2.45) is 17.3 Å². The van der Waals surface area contributed by atoms with E-state index in [1.54, 1.807) is 0 Å². The molecule has 2 fully saturated rings. The lowest BCUT2D eigenvalue weighted by atomic mass is 9.66. The van der Waals surface area contributed by atoms with Crippen LogP contribution in [-0.2, 0) is 0 Å². The third kappa shape index (κ3) is 3.48. The molecule has 0 aromatic heterocycles. The summed E-state index contributed by atoms with van der Waals surface area (Å²) in [5, 5.41) is 3.74. The van der Waals surface area contributed by atoms with Crippen molar-refractivity contribution < 1.29 is 0 Å². The zero-order chi connectivity index (χ0) is 11.6. The van der Waals surface area contributed by atoms with Gasteiger partial charge in [0, 0.05) is 6.04 Å². The third-order valence-electron chi connectivity index (χ3n) is 4.58. The predicted octanol–water partition coefficient (Wildman–Crippen LogP) is 3.98. The van der Waals surface area contributed by atoms with Gasteiger partial charge in [0.05, 0.1) is 0 Å². The SMILES string of the molecule is CCCC1CC(C)(C)CCC1CNC1CC1. The lowest BCUT2D eigenvalue weighted by Gasteiger charge is -2.41. The average Bonchev–Trinajstić information content (AvgIpc) is 3.00. The molecule has 2 aliphatic rings. The van der Waals surface area contributed by atoms with Crippen LogP contribution in [-0.4, -0.2) is 12.6 Å². The van der Waals surface area contributed by atoms with Crippen LogP contribution in [0.1, 0.15) is 65.7 Å². The van der Waals surface area contributed by atoms with Crippen LogP contribution in [0.2, 0.25) is 0 Å². The highest BCUT2D eigenvalue weighted by atomic mass is 14.9. The molecule has 0 radical (unpaired) electrons. The topological polar surface area (TPSA) is 12.0 Å². The monoisotopic (exact) mass is 223 g/mol. The van der Waals surface area contributed by atoms with Crippen LogP contribution in [0.15, 0.2) is 0 Å². The van der Waals surface area contributed by atoms with Gasteiger partial charge in [-0.1, -0.05) is 33.6 Å². The lowest BCUT2D eigenvalue weighted by molar-refractivity contribution is 0.109. The fourth-order valence-corrected chi connectivity index (χ4v) is 3.37. The molecule has 0 saturated heterocycles. The summed E-state index contributed by atoms with van der Waals surface area (Å²) in [4.78, 5) is 0. The normalized spacial score (nSPS) is 33.9. The molecule has 2 aliphatic carbocycles. The first kappa shape index (κ1) is 12.4. The summed E-state index contributed by atoms with van der Waals surface area (Å²) < 4.78 is 0. The molecule has 0 amide bonds. The van der Waals surface area contributed by atoms with Gasteiger partial charge in [0.2, 0.25) is 0 Å². The molecule has 1 nitrogen and oxygen atoms in total. The molecule has 2 saturated carbocycles. The van der Waals surface area contributed by atoms with Crippen LogP contribution >= 0.6 is 0 Å². The molecule has 2 rings (SSSR count). The Morgan fingerprint density at radius 1 is 1.12 bits per heavy atom. The first-order valence-corrected chi connectivity index (χ1v) is 7.34. The Labute approximate surface area is 101 Å². The number of hydrogen-bond acceptors (Lipinski definition) is 1. The standard InChI is InChI=1S/C15H29N/c1-4-5-12-10-15(2,3)9-8-13(12)11-16-14-6-7-14/h12-14,16H,4-11H2,1-3H3. The maximum Gasteiger partial charge on any atom is 0.00683 e. The summed E-state index contributed by atoms with van der Waals surface area (Å²) in [6.45, 7) is 8.55. The summed E-state index contributed by atoms with van der Waals surface area (Å²) in [6, 6.07) is 0.886. The molecule has 94 valence electrons. The molecule has 0 heterocycles. The Morgan fingerprint density at radius 2 is 1.88 bits per heavy atom. The van der Waals surface area contributed by atoms with E-state index in [2.05, 4.69) is 26.1 Å². The average molecular weight is 223 g/mol. The largest absolute Gasteiger partial charge is 0.314 e. The Balaban J connectivity index is 1.83.